The van der Waals surface area contributed by atoms with Gasteiger partial charge in [0.1, 0.15) is 0 Å². The number of nitrogens with zero attached hydrogens (tertiary/aromatic N) is 1. The molecule has 3 N–H and O–H groups in total. The second-order valence-corrected chi connectivity index (χ2v) is 5.95. The molecule has 0 bridgehead atoms. The van der Waals surface area contributed by atoms with E-state index < -0.39 is 0 Å². The van der Waals surface area contributed by atoms with Crippen LogP contribution < -0.4 is 10.6 Å². The van der Waals surface area contributed by atoms with Crippen molar-refractivity contribution >= 4 is 27.5 Å². The Bertz CT molecular complexity index is 457. The van der Waals surface area contributed by atoms with Crippen molar-refractivity contribution in [3.8, 4) is 0 Å². The van der Waals surface area contributed by atoms with Crippen molar-refractivity contribution in [2.45, 2.75) is 25.9 Å². The van der Waals surface area contributed by atoms with Gasteiger partial charge in [-0.1, -0.05) is 15.9 Å². The van der Waals surface area contributed by atoms with E-state index in [1.54, 1.807) is 0 Å². The Morgan fingerprint density at radius 1 is 1.42 bits per heavy atom. The number of carbonyl (C=O) groups is 1. The van der Waals surface area contributed by atoms with Crippen molar-refractivity contribution in [3.05, 3.63) is 28.2 Å². The summed E-state index contributed by atoms with van der Waals surface area (Å²) in [5.41, 5.74) is 7.26. The molecule has 4 nitrogen and oxygen atoms in total. The zero-order chi connectivity index (χ0) is 13.8. The van der Waals surface area contributed by atoms with Crippen molar-refractivity contribution in [2.75, 3.05) is 18.0 Å². The number of piperidine rings is 1. The molecule has 0 radical (unpaired) electrons. The molecule has 1 aromatic rings. The zero-order valence-corrected chi connectivity index (χ0v) is 12.4. The maximum atomic E-state index is 10.9. The van der Waals surface area contributed by atoms with Gasteiger partial charge in [-0.3, -0.25) is 4.79 Å². The van der Waals surface area contributed by atoms with Gasteiger partial charge in [0.15, 0.2) is 0 Å². The lowest BCUT2D eigenvalue weighted by molar-refractivity contribution is -0.119. The lowest BCUT2D eigenvalue weighted by Gasteiger charge is -2.34. The van der Waals surface area contributed by atoms with E-state index in [-0.39, 0.29) is 12.5 Å². The van der Waals surface area contributed by atoms with Gasteiger partial charge in [0.25, 0.3) is 0 Å². The highest BCUT2D eigenvalue weighted by atomic mass is 79.9. The summed E-state index contributed by atoms with van der Waals surface area (Å²) < 4.78 is 0.976. The highest BCUT2D eigenvalue weighted by Gasteiger charge is 2.22. The number of nitrogens with two attached hydrogens (primary N) is 1. The minimum Gasteiger partial charge on any atom is -0.392 e. The Morgan fingerprint density at radius 3 is 2.68 bits per heavy atom. The molecule has 0 aromatic heterocycles. The summed E-state index contributed by atoms with van der Waals surface area (Å²) in [6.45, 7) is 1.86. The monoisotopic (exact) mass is 326 g/mol. The number of hydrogen-bond donors (Lipinski definition) is 2. The van der Waals surface area contributed by atoms with Gasteiger partial charge < -0.3 is 15.7 Å². The molecule has 0 unspecified atom stereocenters. The fourth-order valence-corrected chi connectivity index (χ4v) is 3.06. The standard InChI is InChI=1S/C14H19BrN2O2/c15-12-1-2-13(11(8-12)9-18)17-5-3-10(4-6-17)7-14(16)19/h1-2,8,10,18H,3-7,9H2,(H2,16,19). The maximum Gasteiger partial charge on any atom is 0.217 e. The van der Waals surface area contributed by atoms with Crippen LogP contribution in [0.3, 0.4) is 0 Å². The van der Waals surface area contributed by atoms with E-state index in [1.807, 2.05) is 18.2 Å². The van der Waals surface area contributed by atoms with Crippen LogP contribution in [0.5, 0.6) is 0 Å². The molecule has 0 saturated carbocycles. The first-order chi connectivity index (χ1) is 9.10. The third kappa shape index (κ3) is 3.70. The summed E-state index contributed by atoms with van der Waals surface area (Å²) in [4.78, 5) is 13.2. The molecule has 0 spiro atoms. The summed E-state index contributed by atoms with van der Waals surface area (Å²) >= 11 is 3.42. The smallest absolute Gasteiger partial charge is 0.217 e. The van der Waals surface area contributed by atoms with E-state index in [0.717, 1.165) is 41.7 Å². The second kappa shape index (κ2) is 6.39. The summed E-state index contributed by atoms with van der Waals surface area (Å²) in [5.74, 6) is 0.194. The van der Waals surface area contributed by atoms with Gasteiger partial charge in [0.2, 0.25) is 5.91 Å². The number of rotatable bonds is 4. The molecular formula is C14H19BrN2O2. The average Bonchev–Trinajstić information content (AvgIpc) is 2.39. The number of benzene rings is 1. The number of halogens is 1. The number of amides is 1. The van der Waals surface area contributed by atoms with Crippen LogP contribution in [0.15, 0.2) is 22.7 Å². The molecule has 2 rings (SSSR count). The Kier molecular flexibility index (Phi) is 4.82. The quantitative estimate of drug-likeness (QED) is 0.889. The summed E-state index contributed by atoms with van der Waals surface area (Å²) in [6.07, 6.45) is 2.44. The third-order valence-corrected chi connectivity index (χ3v) is 4.15. The van der Waals surface area contributed by atoms with E-state index in [4.69, 9.17) is 5.73 Å². The number of aliphatic hydroxyl groups is 1. The van der Waals surface area contributed by atoms with Crippen LogP contribution in [-0.4, -0.2) is 24.1 Å². The van der Waals surface area contributed by atoms with E-state index in [2.05, 4.69) is 20.8 Å². The van der Waals surface area contributed by atoms with Gasteiger partial charge in [-0.15, -0.1) is 0 Å². The Morgan fingerprint density at radius 2 is 2.11 bits per heavy atom. The average molecular weight is 327 g/mol. The molecule has 1 aliphatic heterocycles. The minimum absolute atomic E-state index is 0.0377. The molecule has 0 aliphatic carbocycles. The molecule has 104 valence electrons. The van der Waals surface area contributed by atoms with Gasteiger partial charge in [-0.25, -0.2) is 0 Å². The SMILES string of the molecule is NC(=O)CC1CCN(c2ccc(Br)cc2CO)CC1. The molecule has 1 fully saturated rings. The first-order valence-electron chi connectivity index (χ1n) is 6.52. The fourth-order valence-electron chi connectivity index (χ4n) is 2.65. The van der Waals surface area contributed by atoms with Crippen LogP contribution in [0.25, 0.3) is 0 Å². The number of aliphatic hydroxyl groups excluding tert-OH is 1. The van der Waals surface area contributed by atoms with Crippen LogP contribution in [0.2, 0.25) is 0 Å². The zero-order valence-electron chi connectivity index (χ0n) is 10.8. The molecular weight excluding hydrogens is 308 g/mol. The second-order valence-electron chi connectivity index (χ2n) is 5.03. The summed E-state index contributed by atoms with van der Waals surface area (Å²) in [7, 11) is 0. The van der Waals surface area contributed by atoms with Crippen LogP contribution in [0.4, 0.5) is 5.69 Å². The number of primary amides is 1. The number of hydrogen-bond acceptors (Lipinski definition) is 3. The number of anilines is 1. The molecule has 5 heteroatoms. The normalized spacial score (nSPS) is 16.6. The first-order valence-corrected chi connectivity index (χ1v) is 7.32. The Labute approximate surface area is 121 Å². The molecule has 0 atom stereocenters. The lowest BCUT2D eigenvalue weighted by Crippen LogP contribution is -2.35. The van der Waals surface area contributed by atoms with E-state index in [9.17, 15) is 9.90 Å². The summed E-state index contributed by atoms with van der Waals surface area (Å²) in [6, 6.07) is 5.97. The molecule has 1 heterocycles. The third-order valence-electron chi connectivity index (χ3n) is 3.66. The fraction of sp³-hybridized carbons (Fsp3) is 0.500. The minimum atomic E-state index is -0.210. The predicted octanol–water partition coefficient (Wildman–Crippen LogP) is 2.03. The lowest BCUT2D eigenvalue weighted by atomic mass is 9.92. The van der Waals surface area contributed by atoms with Gasteiger partial charge in [-0.05, 0) is 37.0 Å². The maximum absolute atomic E-state index is 10.9. The van der Waals surface area contributed by atoms with E-state index in [0.29, 0.717) is 12.3 Å². The van der Waals surface area contributed by atoms with Crippen LogP contribution >= 0.6 is 15.9 Å². The van der Waals surface area contributed by atoms with Crippen LogP contribution in [-0.2, 0) is 11.4 Å². The summed E-state index contributed by atoms with van der Waals surface area (Å²) in [5, 5.41) is 9.44. The molecule has 19 heavy (non-hydrogen) atoms. The topological polar surface area (TPSA) is 66.6 Å². The van der Waals surface area contributed by atoms with Gasteiger partial charge in [0.05, 0.1) is 6.61 Å². The highest BCUT2D eigenvalue weighted by Crippen LogP contribution is 2.29. The van der Waals surface area contributed by atoms with Crippen LogP contribution in [0, 0.1) is 5.92 Å². The van der Waals surface area contributed by atoms with E-state index in [1.165, 1.54) is 0 Å². The molecule has 1 aliphatic rings. The molecule has 1 saturated heterocycles. The molecule has 1 amide bonds. The Balaban J connectivity index is 2.03. The Hall–Kier alpha value is -1.07. The predicted molar refractivity (Wildman–Crippen MR) is 78.8 cm³/mol. The first kappa shape index (κ1) is 14.3. The van der Waals surface area contributed by atoms with Gasteiger partial charge in [-0.2, -0.15) is 0 Å². The van der Waals surface area contributed by atoms with Crippen molar-refractivity contribution in [1.29, 1.82) is 0 Å². The highest BCUT2D eigenvalue weighted by molar-refractivity contribution is 9.10. The van der Waals surface area contributed by atoms with Crippen molar-refractivity contribution in [1.82, 2.24) is 0 Å². The van der Waals surface area contributed by atoms with Crippen molar-refractivity contribution < 1.29 is 9.90 Å². The number of carbonyl (C=O) groups excluding carboxylic acids is 1. The van der Waals surface area contributed by atoms with E-state index >= 15 is 0 Å². The van der Waals surface area contributed by atoms with Gasteiger partial charge in [0, 0.05) is 35.2 Å². The van der Waals surface area contributed by atoms with Crippen molar-refractivity contribution in [3.63, 3.8) is 0 Å². The largest absolute Gasteiger partial charge is 0.392 e. The molecule has 1 aromatic carbocycles. The van der Waals surface area contributed by atoms with Crippen molar-refractivity contribution in [2.24, 2.45) is 11.7 Å². The van der Waals surface area contributed by atoms with Crippen LogP contribution in [0.1, 0.15) is 24.8 Å². The van der Waals surface area contributed by atoms with Gasteiger partial charge >= 0.3 is 0 Å².